The van der Waals surface area contributed by atoms with E-state index >= 15 is 0 Å². The fraction of sp³-hybridized carbons (Fsp3) is 0.346. The number of likely N-dealkylation sites (N-methyl/N-ethyl adjacent to an activating group) is 1. The summed E-state index contributed by atoms with van der Waals surface area (Å²) in [6.07, 6.45) is 6.47. The number of hydrogen-bond donors (Lipinski definition) is 1. The predicted octanol–water partition coefficient (Wildman–Crippen LogP) is 3.15. The quantitative estimate of drug-likeness (QED) is 0.397. The lowest BCUT2D eigenvalue weighted by Gasteiger charge is -2.39. The van der Waals surface area contributed by atoms with Crippen molar-refractivity contribution in [3.05, 3.63) is 66.6 Å². The first-order valence-corrected chi connectivity index (χ1v) is 14.1. The lowest BCUT2D eigenvalue weighted by molar-refractivity contribution is 0.275. The summed E-state index contributed by atoms with van der Waals surface area (Å²) in [5.41, 5.74) is 3.64. The van der Waals surface area contributed by atoms with Gasteiger partial charge in [0.15, 0.2) is 0 Å². The molecular formula is C26H32N8O2S. The minimum Gasteiger partial charge on any atom is -0.366 e. The Morgan fingerprint density at radius 3 is 2.62 bits per heavy atom. The highest BCUT2D eigenvalue weighted by Gasteiger charge is 2.21. The number of nitrogens with zero attached hydrogens (tertiary/aromatic N) is 7. The van der Waals surface area contributed by atoms with E-state index in [-0.39, 0.29) is 0 Å². The second-order valence-electron chi connectivity index (χ2n) is 9.61. The standard InChI is InChI=1S/C26H32N8O2S/c1-19-17-31(2)14-15-34(19)23-9-7-22(8-10-23)29-26-28-16-20-11-13-33(25(20)30-26)18-21-6-5-12-27-24(21)32(3)37(4,35)36/h5-13,16,19H,14-15,17-18H2,1-4H3,(H,28,29,30)/t19-/m0/s1. The van der Waals surface area contributed by atoms with Crippen molar-refractivity contribution in [3.8, 4) is 0 Å². The summed E-state index contributed by atoms with van der Waals surface area (Å²) in [5, 5.41) is 4.21. The van der Waals surface area contributed by atoms with Crippen LogP contribution in [0, 0.1) is 0 Å². The SMILES string of the molecule is C[C@H]1CN(C)CCN1c1ccc(Nc2ncc3ccn(Cc4cccnc4N(C)S(C)(=O)=O)c3n2)cc1. The molecule has 1 aromatic carbocycles. The minimum atomic E-state index is -3.44. The Hall–Kier alpha value is -3.70. The molecule has 4 aromatic rings. The number of pyridine rings is 1. The molecule has 0 bridgehead atoms. The van der Waals surface area contributed by atoms with E-state index in [0.717, 1.165) is 41.9 Å². The third-order valence-electron chi connectivity index (χ3n) is 6.79. The van der Waals surface area contributed by atoms with Gasteiger partial charge < -0.3 is 19.7 Å². The number of hydrogen-bond acceptors (Lipinski definition) is 8. The molecule has 5 rings (SSSR count). The van der Waals surface area contributed by atoms with Crippen molar-refractivity contribution in [2.24, 2.45) is 0 Å². The van der Waals surface area contributed by atoms with Crippen LogP contribution in [-0.4, -0.2) is 78.9 Å². The van der Waals surface area contributed by atoms with Crippen molar-refractivity contribution in [2.45, 2.75) is 19.5 Å². The second-order valence-corrected chi connectivity index (χ2v) is 11.6. The van der Waals surface area contributed by atoms with Gasteiger partial charge in [0.25, 0.3) is 0 Å². The van der Waals surface area contributed by atoms with Gasteiger partial charge in [-0.2, -0.15) is 4.98 Å². The maximum absolute atomic E-state index is 12.1. The molecule has 10 nitrogen and oxygen atoms in total. The molecule has 1 aliphatic heterocycles. The van der Waals surface area contributed by atoms with Crippen molar-refractivity contribution in [1.29, 1.82) is 0 Å². The molecule has 1 N–H and O–H groups in total. The van der Waals surface area contributed by atoms with Crippen LogP contribution in [-0.2, 0) is 16.6 Å². The van der Waals surface area contributed by atoms with Crippen LogP contribution in [0.15, 0.2) is 61.1 Å². The van der Waals surface area contributed by atoms with Crippen LogP contribution < -0.4 is 14.5 Å². The number of piperazine rings is 1. The Kier molecular flexibility index (Phi) is 6.74. The summed E-state index contributed by atoms with van der Waals surface area (Å²) in [7, 11) is 0.237. The van der Waals surface area contributed by atoms with Crippen molar-refractivity contribution in [1.82, 2.24) is 24.4 Å². The first kappa shape index (κ1) is 25.0. The zero-order valence-corrected chi connectivity index (χ0v) is 22.4. The summed E-state index contributed by atoms with van der Waals surface area (Å²) >= 11 is 0. The fourth-order valence-corrected chi connectivity index (χ4v) is 5.20. The molecular weight excluding hydrogens is 488 g/mol. The Morgan fingerprint density at radius 1 is 1.11 bits per heavy atom. The number of rotatable bonds is 7. The number of aromatic nitrogens is 4. The van der Waals surface area contributed by atoms with Gasteiger partial charge in [0, 0.05) is 73.6 Å². The van der Waals surface area contributed by atoms with Gasteiger partial charge in [-0.15, -0.1) is 0 Å². The van der Waals surface area contributed by atoms with Crippen molar-refractivity contribution < 1.29 is 8.42 Å². The highest BCUT2D eigenvalue weighted by molar-refractivity contribution is 7.92. The Morgan fingerprint density at radius 2 is 1.89 bits per heavy atom. The third kappa shape index (κ3) is 5.37. The molecule has 37 heavy (non-hydrogen) atoms. The van der Waals surface area contributed by atoms with E-state index in [2.05, 4.69) is 63.3 Å². The molecule has 0 aliphatic carbocycles. The topological polar surface area (TPSA) is 99.5 Å². The van der Waals surface area contributed by atoms with Crippen LogP contribution in [0.2, 0.25) is 0 Å². The van der Waals surface area contributed by atoms with Crippen LogP contribution in [0.4, 0.5) is 23.1 Å². The van der Waals surface area contributed by atoms with Crippen LogP contribution in [0.5, 0.6) is 0 Å². The zero-order valence-electron chi connectivity index (χ0n) is 21.5. The number of nitrogens with one attached hydrogen (secondary N) is 1. The average molecular weight is 521 g/mol. The molecule has 11 heteroatoms. The minimum absolute atomic E-state index is 0.397. The average Bonchev–Trinajstić information content (AvgIpc) is 3.26. The smallest absolute Gasteiger partial charge is 0.233 e. The zero-order chi connectivity index (χ0) is 26.2. The Labute approximate surface area is 217 Å². The van der Waals surface area contributed by atoms with Gasteiger partial charge >= 0.3 is 0 Å². The van der Waals surface area contributed by atoms with Crippen LogP contribution in [0.3, 0.4) is 0 Å². The highest BCUT2D eigenvalue weighted by atomic mass is 32.2. The number of benzene rings is 1. The molecule has 0 unspecified atom stereocenters. The molecule has 0 amide bonds. The fourth-order valence-electron chi connectivity index (χ4n) is 4.72. The van der Waals surface area contributed by atoms with Crippen molar-refractivity contribution in [2.75, 3.05) is 54.5 Å². The van der Waals surface area contributed by atoms with Gasteiger partial charge in [-0.1, -0.05) is 6.07 Å². The van der Waals surface area contributed by atoms with Crippen LogP contribution in [0.25, 0.3) is 11.0 Å². The third-order valence-corrected chi connectivity index (χ3v) is 7.96. The summed E-state index contributed by atoms with van der Waals surface area (Å²) in [5.74, 6) is 0.891. The van der Waals surface area contributed by atoms with E-state index in [1.807, 2.05) is 22.9 Å². The first-order chi connectivity index (χ1) is 17.7. The van der Waals surface area contributed by atoms with Gasteiger partial charge in [-0.3, -0.25) is 4.31 Å². The molecule has 1 fully saturated rings. The maximum Gasteiger partial charge on any atom is 0.233 e. The summed E-state index contributed by atoms with van der Waals surface area (Å²) in [6.45, 7) is 5.80. The van der Waals surface area contributed by atoms with E-state index in [4.69, 9.17) is 4.98 Å². The molecule has 1 aliphatic rings. The van der Waals surface area contributed by atoms with E-state index in [1.165, 1.54) is 23.3 Å². The summed E-state index contributed by atoms with van der Waals surface area (Å²) in [6, 6.07) is 14.5. The largest absolute Gasteiger partial charge is 0.366 e. The highest BCUT2D eigenvalue weighted by Crippen LogP contribution is 2.25. The number of fused-ring (bicyclic) bond motifs is 1. The molecule has 4 heterocycles. The molecule has 194 valence electrons. The first-order valence-electron chi connectivity index (χ1n) is 12.2. The van der Waals surface area contributed by atoms with Crippen LogP contribution >= 0.6 is 0 Å². The number of sulfonamides is 1. The molecule has 0 radical (unpaired) electrons. The van der Waals surface area contributed by atoms with Crippen LogP contribution in [0.1, 0.15) is 12.5 Å². The lowest BCUT2D eigenvalue weighted by atomic mass is 10.1. The van der Waals surface area contributed by atoms with Gasteiger partial charge in [-0.05, 0) is 50.4 Å². The normalized spacial score (nSPS) is 16.8. The summed E-state index contributed by atoms with van der Waals surface area (Å²) in [4.78, 5) is 18.3. The Bertz CT molecular complexity index is 1500. The molecule has 1 atom stereocenters. The second kappa shape index (κ2) is 9.98. The monoisotopic (exact) mass is 520 g/mol. The van der Waals surface area contributed by atoms with Gasteiger partial charge in [0.1, 0.15) is 11.5 Å². The van der Waals surface area contributed by atoms with E-state index in [0.29, 0.717) is 24.4 Å². The maximum atomic E-state index is 12.1. The van der Waals surface area contributed by atoms with Gasteiger partial charge in [0.05, 0.1) is 12.8 Å². The van der Waals surface area contributed by atoms with E-state index < -0.39 is 10.0 Å². The summed E-state index contributed by atoms with van der Waals surface area (Å²) < 4.78 is 27.4. The molecule has 0 spiro atoms. The lowest BCUT2D eigenvalue weighted by Crippen LogP contribution is -2.50. The van der Waals surface area contributed by atoms with E-state index in [9.17, 15) is 8.42 Å². The van der Waals surface area contributed by atoms with Crippen molar-refractivity contribution in [3.63, 3.8) is 0 Å². The van der Waals surface area contributed by atoms with E-state index in [1.54, 1.807) is 18.5 Å². The predicted molar refractivity (Wildman–Crippen MR) is 148 cm³/mol. The number of anilines is 4. The van der Waals surface area contributed by atoms with Gasteiger partial charge in [0.2, 0.25) is 16.0 Å². The molecule has 0 saturated carbocycles. The van der Waals surface area contributed by atoms with Crippen molar-refractivity contribution >= 4 is 44.2 Å². The van der Waals surface area contributed by atoms with Gasteiger partial charge in [-0.25, -0.2) is 18.4 Å². The molecule has 1 saturated heterocycles. The molecule has 3 aromatic heterocycles. The Balaban J connectivity index is 1.36.